The molecule has 0 radical (unpaired) electrons. The van der Waals surface area contributed by atoms with Crippen LogP contribution in [0.4, 0.5) is 0 Å². The fraction of sp³-hybridized carbons (Fsp3) is 0.381. The van der Waals surface area contributed by atoms with E-state index in [0.29, 0.717) is 5.75 Å². The van der Waals surface area contributed by atoms with E-state index >= 15 is 0 Å². The molecule has 0 aromatic heterocycles. The second-order valence-corrected chi connectivity index (χ2v) is 9.33. The van der Waals surface area contributed by atoms with Gasteiger partial charge in [-0.2, -0.15) is 4.72 Å². The third kappa shape index (κ3) is 6.47. The van der Waals surface area contributed by atoms with Crippen molar-refractivity contribution in [1.82, 2.24) is 10.0 Å². The molecule has 2 aromatic carbocycles. The van der Waals surface area contributed by atoms with Crippen LogP contribution >= 0.6 is 0 Å². The molecule has 0 aliphatic rings. The molecule has 0 aliphatic carbocycles. The highest BCUT2D eigenvalue weighted by atomic mass is 32.2. The first-order valence-electron chi connectivity index (χ1n) is 9.16. The van der Waals surface area contributed by atoms with Gasteiger partial charge in [0.1, 0.15) is 6.04 Å². The Morgan fingerprint density at radius 1 is 1.00 bits per heavy atom. The van der Waals surface area contributed by atoms with E-state index in [0.717, 1.165) is 5.56 Å². The van der Waals surface area contributed by atoms with Crippen LogP contribution < -0.4 is 19.5 Å². The van der Waals surface area contributed by atoms with Crippen LogP contribution in [0.25, 0.3) is 0 Å². The summed E-state index contributed by atoms with van der Waals surface area (Å²) in [6.45, 7) is 5.52. The molecule has 2 rings (SSSR count). The molecule has 0 bridgehead atoms. The lowest BCUT2D eigenvalue weighted by atomic mass is 10.0. The lowest BCUT2D eigenvalue weighted by molar-refractivity contribution is -0.124. The number of benzene rings is 2. The Bertz CT molecular complexity index is 937. The summed E-state index contributed by atoms with van der Waals surface area (Å²) in [5.74, 6) is 0.303. The van der Waals surface area contributed by atoms with Gasteiger partial charge in [0.05, 0.1) is 19.1 Å². The molecule has 1 atom stereocenters. The normalized spacial score (nSPS) is 12.9. The zero-order valence-electron chi connectivity index (χ0n) is 17.4. The SMILES string of the molecule is COc1ccc(S(=O)(=O)N[C@H](Cc2ccccc2)C(=O)NC(C)(C)C)cc1OC. The molecule has 0 aliphatic heterocycles. The number of methoxy groups -OCH3 is 2. The van der Waals surface area contributed by atoms with Crippen molar-refractivity contribution in [2.24, 2.45) is 0 Å². The fourth-order valence-corrected chi connectivity index (χ4v) is 3.94. The van der Waals surface area contributed by atoms with Crippen LogP contribution in [0.5, 0.6) is 11.5 Å². The molecule has 0 unspecified atom stereocenters. The van der Waals surface area contributed by atoms with Crippen LogP contribution in [0.15, 0.2) is 53.4 Å². The maximum Gasteiger partial charge on any atom is 0.241 e. The Morgan fingerprint density at radius 2 is 1.62 bits per heavy atom. The van der Waals surface area contributed by atoms with Gasteiger partial charge in [-0.05, 0) is 44.9 Å². The number of amides is 1. The highest BCUT2D eigenvalue weighted by molar-refractivity contribution is 7.89. The van der Waals surface area contributed by atoms with Crippen LogP contribution in [-0.2, 0) is 21.2 Å². The van der Waals surface area contributed by atoms with Gasteiger partial charge < -0.3 is 14.8 Å². The number of ether oxygens (including phenoxy) is 2. The van der Waals surface area contributed by atoms with Crippen LogP contribution in [0.3, 0.4) is 0 Å². The van der Waals surface area contributed by atoms with Gasteiger partial charge in [0.2, 0.25) is 15.9 Å². The molecule has 2 N–H and O–H groups in total. The van der Waals surface area contributed by atoms with Crippen molar-refractivity contribution in [2.75, 3.05) is 14.2 Å². The molecule has 0 saturated carbocycles. The quantitative estimate of drug-likeness (QED) is 0.684. The lowest BCUT2D eigenvalue weighted by Gasteiger charge is -2.25. The fourth-order valence-electron chi connectivity index (χ4n) is 2.73. The number of carbonyl (C=O) groups is 1. The number of sulfonamides is 1. The van der Waals surface area contributed by atoms with E-state index in [9.17, 15) is 13.2 Å². The highest BCUT2D eigenvalue weighted by Gasteiger charge is 2.29. The second-order valence-electron chi connectivity index (χ2n) is 7.62. The Hall–Kier alpha value is -2.58. The van der Waals surface area contributed by atoms with Gasteiger partial charge in [-0.15, -0.1) is 0 Å². The molecule has 0 saturated heterocycles. The van der Waals surface area contributed by atoms with E-state index < -0.39 is 27.5 Å². The Kier molecular flexibility index (Phi) is 7.26. The standard InChI is InChI=1S/C21H28N2O5S/c1-21(2,3)22-20(24)17(13-15-9-7-6-8-10-15)23-29(25,26)16-11-12-18(27-4)19(14-16)28-5/h6-12,14,17,23H,13H2,1-5H3,(H,22,24)/t17-/m1/s1. The smallest absolute Gasteiger partial charge is 0.241 e. The van der Waals surface area contributed by atoms with E-state index in [-0.39, 0.29) is 17.1 Å². The maximum atomic E-state index is 13.0. The third-order valence-electron chi connectivity index (χ3n) is 4.06. The first-order valence-corrected chi connectivity index (χ1v) is 10.6. The molecular weight excluding hydrogens is 392 g/mol. The predicted octanol–water partition coefficient (Wildman–Crippen LogP) is 2.51. The monoisotopic (exact) mass is 420 g/mol. The summed E-state index contributed by atoms with van der Waals surface area (Å²) in [6, 6.07) is 12.6. The first kappa shape index (κ1) is 22.7. The summed E-state index contributed by atoms with van der Waals surface area (Å²) in [5.41, 5.74) is 0.345. The molecule has 1 amide bonds. The van der Waals surface area contributed by atoms with E-state index in [4.69, 9.17) is 9.47 Å². The van der Waals surface area contributed by atoms with Gasteiger partial charge in [0.15, 0.2) is 11.5 Å². The van der Waals surface area contributed by atoms with Crippen molar-refractivity contribution in [3.8, 4) is 11.5 Å². The summed E-state index contributed by atoms with van der Waals surface area (Å²) in [7, 11) is -1.09. The summed E-state index contributed by atoms with van der Waals surface area (Å²) in [6.07, 6.45) is 0.218. The topological polar surface area (TPSA) is 93.7 Å². The minimum atomic E-state index is -3.98. The second kappa shape index (κ2) is 9.28. The number of carbonyl (C=O) groups excluding carboxylic acids is 1. The molecule has 7 nitrogen and oxygen atoms in total. The number of nitrogens with one attached hydrogen (secondary N) is 2. The zero-order chi connectivity index (χ0) is 21.7. The van der Waals surface area contributed by atoms with Crippen molar-refractivity contribution >= 4 is 15.9 Å². The van der Waals surface area contributed by atoms with E-state index in [2.05, 4.69) is 10.0 Å². The van der Waals surface area contributed by atoms with Gasteiger partial charge >= 0.3 is 0 Å². The Morgan fingerprint density at radius 3 is 2.17 bits per heavy atom. The largest absolute Gasteiger partial charge is 0.493 e. The lowest BCUT2D eigenvalue weighted by Crippen LogP contribution is -2.52. The number of rotatable bonds is 8. The van der Waals surface area contributed by atoms with E-state index in [1.807, 2.05) is 51.1 Å². The minimum Gasteiger partial charge on any atom is -0.493 e. The van der Waals surface area contributed by atoms with Crippen molar-refractivity contribution in [3.63, 3.8) is 0 Å². The van der Waals surface area contributed by atoms with Gasteiger partial charge in [-0.1, -0.05) is 30.3 Å². The van der Waals surface area contributed by atoms with Crippen molar-refractivity contribution in [2.45, 2.75) is 43.7 Å². The molecule has 0 spiro atoms. The predicted molar refractivity (Wildman–Crippen MR) is 112 cm³/mol. The molecule has 0 fully saturated rings. The van der Waals surface area contributed by atoms with Gasteiger partial charge in [0.25, 0.3) is 0 Å². The van der Waals surface area contributed by atoms with Crippen LogP contribution in [0.2, 0.25) is 0 Å². The molecular formula is C21H28N2O5S. The summed E-state index contributed by atoms with van der Waals surface area (Å²) in [5, 5.41) is 2.84. The molecule has 0 heterocycles. The van der Waals surface area contributed by atoms with Gasteiger partial charge in [-0.25, -0.2) is 8.42 Å². The summed E-state index contributed by atoms with van der Waals surface area (Å²) < 4.78 is 38.8. The van der Waals surface area contributed by atoms with Gasteiger partial charge in [0, 0.05) is 11.6 Å². The van der Waals surface area contributed by atoms with Crippen LogP contribution in [0.1, 0.15) is 26.3 Å². The molecule has 8 heteroatoms. The molecule has 2 aromatic rings. The summed E-state index contributed by atoms with van der Waals surface area (Å²) >= 11 is 0. The average Bonchev–Trinajstić information content (AvgIpc) is 2.66. The van der Waals surface area contributed by atoms with Crippen molar-refractivity contribution in [1.29, 1.82) is 0 Å². The van der Waals surface area contributed by atoms with Crippen molar-refractivity contribution in [3.05, 3.63) is 54.1 Å². The first-order chi connectivity index (χ1) is 13.6. The van der Waals surface area contributed by atoms with Crippen molar-refractivity contribution < 1.29 is 22.7 Å². The minimum absolute atomic E-state index is 0.0169. The highest BCUT2D eigenvalue weighted by Crippen LogP contribution is 2.29. The maximum absolute atomic E-state index is 13.0. The Labute approximate surface area is 172 Å². The molecule has 29 heavy (non-hydrogen) atoms. The number of hydrogen-bond donors (Lipinski definition) is 2. The van der Waals surface area contributed by atoms with Gasteiger partial charge in [-0.3, -0.25) is 4.79 Å². The van der Waals surface area contributed by atoms with E-state index in [1.165, 1.54) is 32.4 Å². The zero-order valence-corrected chi connectivity index (χ0v) is 18.2. The van der Waals surface area contributed by atoms with Crippen LogP contribution in [-0.4, -0.2) is 40.1 Å². The van der Waals surface area contributed by atoms with E-state index in [1.54, 1.807) is 0 Å². The summed E-state index contributed by atoms with van der Waals surface area (Å²) in [4.78, 5) is 12.8. The average molecular weight is 421 g/mol. The third-order valence-corrected chi connectivity index (χ3v) is 5.53. The molecule has 158 valence electrons. The number of hydrogen-bond acceptors (Lipinski definition) is 5. The van der Waals surface area contributed by atoms with Crippen LogP contribution in [0, 0.1) is 0 Å². The Balaban J connectivity index is 2.34.